The summed E-state index contributed by atoms with van der Waals surface area (Å²) in [5.41, 5.74) is 0. The molecule has 0 bridgehead atoms. The Morgan fingerprint density at radius 3 is 2.00 bits per heavy atom. The number of hydrogen-bond donors (Lipinski definition) is 2. The van der Waals surface area contributed by atoms with Crippen molar-refractivity contribution in [3.63, 3.8) is 0 Å². The second-order valence-electron chi connectivity index (χ2n) is 6.94. The van der Waals surface area contributed by atoms with Gasteiger partial charge in [-0.1, -0.05) is 33.1 Å². The maximum atomic E-state index is 12.9. The Morgan fingerprint density at radius 2 is 1.57 bits per heavy atom. The van der Waals surface area contributed by atoms with E-state index in [1.54, 1.807) is 20.8 Å². The molecule has 2 N–H and O–H groups in total. The van der Waals surface area contributed by atoms with Gasteiger partial charge >= 0.3 is 5.97 Å². The molecule has 6 nitrogen and oxygen atoms in total. The van der Waals surface area contributed by atoms with E-state index in [4.69, 9.17) is 5.11 Å². The van der Waals surface area contributed by atoms with Gasteiger partial charge < -0.3 is 10.4 Å². The van der Waals surface area contributed by atoms with Crippen LogP contribution >= 0.6 is 0 Å². The summed E-state index contributed by atoms with van der Waals surface area (Å²) < 4.78 is 25.8. The van der Waals surface area contributed by atoms with E-state index in [1.807, 2.05) is 0 Å². The first kappa shape index (κ1) is 19.9. The van der Waals surface area contributed by atoms with Crippen molar-refractivity contribution in [3.05, 3.63) is 0 Å². The van der Waals surface area contributed by atoms with E-state index in [-0.39, 0.29) is 5.92 Å². The Hall–Kier alpha value is -1.11. The first-order chi connectivity index (χ1) is 10.6. The van der Waals surface area contributed by atoms with Crippen molar-refractivity contribution in [3.8, 4) is 0 Å². The van der Waals surface area contributed by atoms with Gasteiger partial charge in [0.05, 0.1) is 11.2 Å². The van der Waals surface area contributed by atoms with Gasteiger partial charge in [0, 0.05) is 6.04 Å². The fourth-order valence-electron chi connectivity index (χ4n) is 3.08. The van der Waals surface area contributed by atoms with E-state index in [9.17, 15) is 18.0 Å². The third kappa shape index (κ3) is 4.93. The first-order valence-electron chi connectivity index (χ1n) is 8.35. The Kier molecular flexibility index (Phi) is 7.04. The summed E-state index contributed by atoms with van der Waals surface area (Å²) in [5, 5.41) is 10.0. The second-order valence-corrected chi connectivity index (χ2v) is 9.29. The lowest BCUT2D eigenvalue weighted by molar-refractivity contribution is -0.142. The molecule has 0 aromatic heterocycles. The summed E-state index contributed by atoms with van der Waals surface area (Å²) in [6.45, 7) is 6.51. The quantitative estimate of drug-likeness (QED) is 0.733. The fraction of sp³-hybridized carbons (Fsp3) is 0.875. The summed E-state index contributed by atoms with van der Waals surface area (Å²) in [4.78, 5) is 23.5. The summed E-state index contributed by atoms with van der Waals surface area (Å²) >= 11 is 0. The van der Waals surface area contributed by atoms with Crippen LogP contribution in [-0.2, 0) is 19.4 Å². The van der Waals surface area contributed by atoms with Gasteiger partial charge in [0.2, 0.25) is 5.91 Å². The van der Waals surface area contributed by atoms with Crippen molar-refractivity contribution in [2.24, 2.45) is 11.8 Å². The Labute approximate surface area is 139 Å². The standard InChI is InChI=1S/C16H29NO5S/c1-10(2)14(15(18)17-12(4)11(3)16(19)20)23(21,22)13-8-6-5-7-9-13/h10-14H,5-9H2,1-4H3,(H,17,18)(H,19,20). The van der Waals surface area contributed by atoms with Crippen LogP contribution in [0.4, 0.5) is 0 Å². The molecule has 3 atom stereocenters. The number of aliphatic carboxylic acids is 1. The minimum Gasteiger partial charge on any atom is -0.481 e. The summed E-state index contributed by atoms with van der Waals surface area (Å²) in [7, 11) is -3.57. The highest BCUT2D eigenvalue weighted by molar-refractivity contribution is 7.93. The molecule has 0 aromatic rings. The van der Waals surface area contributed by atoms with Crippen molar-refractivity contribution in [1.29, 1.82) is 0 Å². The molecule has 1 rings (SSSR count). The molecule has 0 aliphatic heterocycles. The van der Waals surface area contributed by atoms with Gasteiger partial charge in [-0.3, -0.25) is 9.59 Å². The monoisotopic (exact) mass is 347 g/mol. The molecule has 0 spiro atoms. The van der Waals surface area contributed by atoms with Crippen LogP contribution in [0, 0.1) is 11.8 Å². The molecular weight excluding hydrogens is 318 g/mol. The van der Waals surface area contributed by atoms with Crippen molar-refractivity contribution < 1.29 is 23.1 Å². The smallest absolute Gasteiger partial charge is 0.308 e. The van der Waals surface area contributed by atoms with Crippen LogP contribution in [0.2, 0.25) is 0 Å². The number of hydrogen-bond acceptors (Lipinski definition) is 4. The number of carbonyl (C=O) groups is 2. The maximum Gasteiger partial charge on any atom is 0.308 e. The number of rotatable bonds is 7. The Balaban J connectivity index is 2.92. The van der Waals surface area contributed by atoms with Gasteiger partial charge in [-0.25, -0.2) is 8.42 Å². The number of nitrogens with one attached hydrogen (secondary N) is 1. The van der Waals surface area contributed by atoms with Crippen LogP contribution in [-0.4, -0.2) is 41.9 Å². The van der Waals surface area contributed by atoms with Gasteiger partial charge in [0.25, 0.3) is 0 Å². The van der Waals surface area contributed by atoms with Gasteiger partial charge in [-0.05, 0) is 32.6 Å². The van der Waals surface area contributed by atoms with Crippen LogP contribution in [0.25, 0.3) is 0 Å². The molecular formula is C16H29NO5S. The SMILES string of the molecule is CC(C)C(C(=O)NC(C)C(C)C(=O)O)S(=O)(=O)C1CCCCC1. The van der Waals surface area contributed by atoms with E-state index in [2.05, 4.69) is 5.32 Å². The highest BCUT2D eigenvalue weighted by atomic mass is 32.2. The number of carboxylic acids is 1. The largest absolute Gasteiger partial charge is 0.481 e. The molecule has 3 unspecified atom stereocenters. The predicted molar refractivity (Wildman–Crippen MR) is 88.8 cm³/mol. The third-order valence-corrected chi connectivity index (χ3v) is 7.61. The van der Waals surface area contributed by atoms with E-state index in [0.29, 0.717) is 12.8 Å². The van der Waals surface area contributed by atoms with Gasteiger partial charge in [-0.2, -0.15) is 0 Å². The summed E-state index contributed by atoms with van der Waals surface area (Å²) in [6, 6.07) is -0.622. The van der Waals surface area contributed by atoms with Crippen LogP contribution in [0.15, 0.2) is 0 Å². The van der Waals surface area contributed by atoms with Crippen LogP contribution in [0.5, 0.6) is 0 Å². The van der Waals surface area contributed by atoms with E-state index >= 15 is 0 Å². The van der Waals surface area contributed by atoms with Gasteiger partial charge in [0.15, 0.2) is 9.84 Å². The lowest BCUT2D eigenvalue weighted by atomic mass is 10.0. The van der Waals surface area contributed by atoms with Crippen LogP contribution in [0.3, 0.4) is 0 Å². The molecule has 1 aliphatic rings. The Bertz CT molecular complexity index is 523. The highest BCUT2D eigenvalue weighted by Gasteiger charge is 2.41. The molecule has 7 heteroatoms. The molecule has 134 valence electrons. The summed E-state index contributed by atoms with van der Waals surface area (Å²) in [5.74, 6) is -2.72. The van der Waals surface area contributed by atoms with E-state index in [0.717, 1.165) is 19.3 Å². The maximum absolute atomic E-state index is 12.9. The molecule has 0 heterocycles. The van der Waals surface area contributed by atoms with Crippen LogP contribution in [0.1, 0.15) is 59.8 Å². The molecule has 1 saturated carbocycles. The van der Waals surface area contributed by atoms with E-state index < -0.39 is 44.2 Å². The number of carbonyl (C=O) groups excluding carboxylic acids is 1. The average molecular weight is 347 g/mol. The van der Waals surface area contributed by atoms with Gasteiger partial charge in [0.1, 0.15) is 5.25 Å². The first-order valence-corrected chi connectivity index (χ1v) is 9.95. The minimum atomic E-state index is -3.57. The third-order valence-electron chi connectivity index (χ3n) is 4.74. The zero-order valence-electron chi connectivity index (χ0n) is 14.4. The van der Waals surface area contributed by atoms with Crippen molar-refractivity contribution in [2.45, 2.75) is 76.3 Å². The van der Waals surface area contributed by atoms with Crippen molar-refractivity contribution in [2.75, 3.05) is 0 Å². The summed E-state index contributed by atoms with van der Waals surface area (Å²) in [6.07, 6.45) is 4.02. The second kappa shape index (κ2) is 8.13. The number of carboxylic acid groups (broad SMARTS) is 1. The van der Waals surface area contributed by atoms with Crippen LogP contribution < -0.4 is 5.32 Å². The lowest BCUT2D eigenvalue weighted by Crippen LogP contribution is -2.51. The fourth-order valence-corrected chi connectivity index (χ4v) is 5.61. The molecule has 1 fully saturated rings. The molecule has 0 saturated heterocycles. The lowest BCUT2D eigenvalue weighted by Gasteiger charge is -2.29. The van der Waals surface area contributed by atoms with E-state index in [1.165, 1.54) is 6.92 Å². The predicted octanol–water partition coefficient (Wildman–Crippen LogP) is 1.98. The Morgan fingerprint density at radius 1 is 1.04 bits per heavy atom. The zero-order chi connectivity index (χ0) is 17.8. The topological polar surface area (TPSA) is 101 Å². The van der Waals surface area contributed by atoms with Crippen molar-refractivity contribution >= 4 is 21.7 Å². The normalized spacial score (nSPS) is 20.7. The van der Waals surface area contributed by atoms with Gasteiger partial charge in [-0.15, -0.1) is 0 Å². The molecule has 1 aliphatic carbocycles. The number of sulfone groups is 1. The number of amides is 1. The van der Waals surface area contributed by atoms with Crippen molar-refractivity contribution in [1.82, 2.24) is 5.32 Å². The molecule has 0 radical (unpaired) electrons. The molecule has 0 aromatic carbocycles. The molecule has 23 heavy (non-hydrogen) atoms. The zero-order valence-corrected chi connectivity index (χ0v) is 15.2. The average Bonchev–Trinajstić information content (AvgIpc) is 2.46. The molecule has 1 amide bonds. The minimum absolute atomic E-state index is 0.353. The highest BCUT2D eigenvalue weighted by Crippen LogP contribution is 2.29.